The zero-order chi connectivity index (χ0) is 11.9. The van der Waals surface area contributed by atoms with Gasteiger partial charge in [0.15, 0.2) is 0 Å². The highest BCUT2D eigenvalue weighted by Crippen LogP contribution is 2.65. The van der Waals surface area contributed by atoms with E-state index in [4.69, 9.17) is 32.2 Å². The molecule has 0 bridgehead atoms. The number of allylic oxidation sites excluding steroid dienone is 2. The van der Waals surface area contributed by atoms with Crippen LogP contribution in [0, 0.1) is 0 Å². The predicted molar refractivity (Wildman–Crippen MR) is 64.7 cm³/mol. The van der Waals surface area contributed by atoms with Crippen molar-refractivity contribution in [1.29, 1.82) is 0 Å². The highest BCUT2D eigenvalue weighted by molar-refractivity contribution is 7.60. The molecule has 0 aromatic carbocycles. The topological polar surface area (TPSA) is 35.5 Å². The Kier molecular flexibility index (Phi) is 7.14. The van der Waals surface area contributed by atoms with E-state index in [0.29, 0.717) is 0 Å². The van der Waals surface area contributed by atoms with Gasteiger partial charge in [0.2, 0.25) is 4.07 Å². The van der Waals surface area contributed by atoms with Crippen molar-refractivity contribution in [3.8, 4) is 0 Å². The first-order valence-electron chi connectivity index (χ1n) is 4.81. The van der Waals surface area contributed by atoms with Gasteiger partial charge in [0.1, 0.15) is 0 Å². The monoisotopic (exact) mass is 274 g/mol. The molecule has 0 radical (unpaired) electrons. The molecule has 0 amide bonds. The van der Waals surface area contributed by atoms with Gasteiger partial charge in [-0.3, -0.25) is 4.57 Å². The summed E-state index contributed by atoms with van der Waals surface area (Å²) in [6, 6.07) is 0. The lowest BCUT2D eigenvalue weighted by molar-refractivity contribution is 0.215. The average molecular weight is 275 g/mol. The van der Waals surface area contributed by atoms with Gasteiger partial charge >= 0.3 is 7.60 Å². The number of hydrogen-bond donors (Lipinski definition) is 0. The van der Waals surface area contributed by atoms with Crippen molar-refractivity contribution in [3.63, 3.8) is 0 Å². The van der Waals surface area contributed by atoms with Crippen LogP contribution in [0.3, 0.4) is 0 Å². The molecule has 6 heteroatoms. The van der Waals surface area contributed by atoms with Crippen LogP contribution in [0.5, 0.6) is 0 Å². The van der Waals surface area contributed by atoms with Crippen LogP contribution in [0.1, 0.15) is 27.2 Å². The van der Waals surface area contributed by atoms with Crippen LogP contribution >= 0.6 is 30.8 Å². The lowest BCUT2D eigenvalue weighted by atomic mass is 10.4. The van der Waals surface area contributed by atoms with Crippen molar-refractivity contribution < 1.29 is 13.6 Å². The van der Waals surface area contributed by atoms with Crippen LogP contribution in [0.15, 0.2) is 12.2 Å². The van der Waals surface area contributed by atoms with E-state index in [2.05, 4.69) is 0 Å². The minimum absolute atomic E-state index is 0.226. The Morgan fingerprint density at radius 3 is 2.07 bits per heavy atom. The van der Waals surface area contributed by atoms with Gasteiger partial charge < -0.3 is 9.05 Å². The van der Waals surface area contributed by atoms with E-state index in [1.54, 1.807) is 26.0 Å². The van der Waals surface area contributed by atoms with Crippen LogP contribution in [0.2, 0.25) is 0 Å². The molecule has 0 aromatic rings. The Bertz CT molecular complexity index is 244. The average Bonchev–Trinajstić information content (AvgIpc) is 2.15. The maximum Gasteiger partial charge on any atom is 0.366 e. The summed E-state index contributed by atoms with van der Waals surface area (Å²) in [6.07, 6.45) is 3.73. The molecular formula is C9H17Cl2O3P. The van der Waals surface area contributed by atoms with E-state index in [0.717, 1.165) is 0 Å². The standard InChI is InChI=1S/C9H17Cl2O3P/c1-4-7-8-9(10,11)15(12,13-5-2)14-6-3/h4,7H,5-6,8H2,1-3H3/b7-4+. The summed E-state index contributed by atoms with van der Waals surface area (Å²) in [5.74, 6) is 0. The van der Waals surface area contributed by atoms with Gasteiger partial charge in [-0.15, -0.1) is 0 Å². The van der Waals surface area contributed by atoms with Gasteiger partial charge in [-0.05, 0) is 20.8 Å². The summed E-state index contributed by atoms with van der Waals surface area (Å²) in [7, 11) is -3.47. The number of halogens is 2. The van der Waals surface area contributed by atoms with Crippen LogP contribution in [0.4, 0.5) is 0 Å². The molecule has 0 saturated carbocycles. The Balaban J connectivity index is 4.79. The molecule has 0 spiro atoms. The fourth-order valence-corrected chi connectivity index (χ4v) is 3.16. The molecule has 15 heavy (non-hydrogen) atoms. The van der Waals surface area contributed by atoms with Crippen molar-refractivity contribution in [2.75, 3.05) is 13.2 Å². The maximum atomic E-state index is 12.2. The molecule has 90 valence electrons. The van der Waals surface area contributed by atoms with Gasteiger partial charge in [-0.1, -0.05) is 35.4 Å². The highest BCUT2D eigenvalue weighted by Gasteiger charge is 2.47. The number of hydrogen-bond acceptors (Lipinski definition) is 3. The van der Waals surface area contributed by atoms with Crippen LogP contribution in [-0.2, 0) is 13.6 Å². The minimum Gasteiger partial charge on any atom is -0.307 e. The predicted octanol–water partition coefficient (Wildman–Crippen LogP) is 4.35. The molecular weight excluding hydrogens is 258 g/mol. The Morgan fingerprint density at radius 2 is 1.73 bits per heavy atom. The van der Waals surface area contributed by atoms with E-state index >= 15 is 0 Å². The SMILES string of the molecule is C/C=C/CC(Cl)(Cl)P(=O)(OCC)OCC. The summed E-state index contributed by atoms with van der Waals surface area (Å²) >= 11 is 12.0. The number of rotatable bonds is 7. The van der Waals surface area contributed by atoms with Crippen molar-refractivity contribution in [2.24, 2.45) is 0 Å². The zero-order valence-corrected chi connectivity index (χ0v) is 11.6. The quantitative estimate of drug-likeness (QED) is 0.393. The first kappa shape index (κ1) is 15.5. The summed E-state index contributed by atoms with van der Waals surface area (Å²) in [4.78, 5) is 0. The minimum atomic E-state index is -3.47. The lowest BCUT2D eigenvalue weighted by Crippen LogP contribution is -2.17. The maximum absolute atomic E-state index is 12.2. The molecule has 0 rings (SSSR count). The van der Waals surface area contributed by atoms with E-state index in [9.17, 15) is 4.57 Å². The van der Waals surface area contributed by atoms with Crippen LogP contribution < -0.4 is 0 Å². The first-order chi connectivity index (χ1) is 6.93. The van der Waals surface area contributed by atoms with Gasteiger partial charge in [-0.25, -0.2) is 0 Å². The second-order valence-electron chi connectivity index (χ2n) is 2.77. The third-order valence-corrected chi connectivity index (χ3v) is 5.33. The van der Waals surface area contributed by atoms with Gasteiger partial charge in [0.05, 0.1) is 13.2 Å². The summed E-state index contributed by atoms with van der Waals surface area (Å²) in [5.41, 5.74) is 0. The fraction of sp³-hybridized carbons (Fsp3) is 0.778. The zero-order valence-electron chi connectivity index (χ0n) is 9.20. The van der Waals surface area contributed by atoms with Crippen molar-refractivity contribution in [2.45, 2.75) is 31.3 Å². The second-order valence-corrected chi connectivity index (χ2v) is 7.06. The Hall–Kier alpha value is 0.470. The molecule has 0 aliphatic rings. The molecule has 0 aliphatic heterocycles. The van der Waals surface area contributed by atoms with Gasteiger partial charge in [0.25, 0.3) is 0 Å². The van der Waals surface area contributed by atoms with Crippen LogP contribution in [-0.4, -0.2) is 17.3 Å². The highest BCUT2D eigenvalue weighted by atomic mass is 35.5. The van der Waals surface area contributed by atoms with Crippen LogP contribution in [0.25, 0.3) is 0 Å². The van der Waals surface area contributed by atoms with Gasteiger partial charge in [-0.2, -0.15) is 0 Å². The third kappa shape index (κ3) is 4.46. The Morgan fingerprint density at radius 1 is 1.27 bits per heavy atom. The molecule has 3 nitrogen and oxygen atoms in total. The van der Waals surface area contributed by atoms with E-state index in [-0.39, 0.29) is 19.6 Å². The fourth-order valence-electron chi connectivity index (χ4n) is 0.938. The second kappa shape index (κ2) is 6.93. The normalized spacial score (nSPS) is 13.7. The molecule has 0 atom stereocenters. The largest absolute Gasteiger partial charge is 0.366 e. The van der Waals surface area contributed by atoms with Gasteiger partial charge in [0, 0.05) is 6.42 Å². The van der Waals surface area contributed by atoms with Crippen molar-refractivity contribution in [1.82, 2.24) is 0 Å². The summed E-state index contributed by atoms with van der Waals surface area (Å²) in [6.45, 7) is 5.75. The molecule has 0 saturated heterocycles. The van der Waals surface area contributed by atoms with Crippen molar-refractivity contribution in [3.05, 3.63) is 12.2 Å². The molecule has 0 N–H and O–H groups in total. The van der Waals surface area contributed by atoms with E-state index < -0.39 is 11.7 Å². The first-order valence-corrected chi connectivity index (χ1v) is 7.11. The molecule has 0 unspecified atom stereocenters. The Labute approximate surface area is 101 Å². The molecule has 0 aliphatic carbocycles. The third-order valence-electron chi connectivity index (χ3n) is 1.60. The molecule has 0 heterocycles. The molecule has 0 aromatic heterocycles. The summed E-state index contributed by atoms with van der Waals surface area (Å²) in [5, 5.41) is 0. The van der Waals surface area contributed by atoms with E-state index in [1.165, 1.54) is 0 Å². The summed E-state index contributed by atoms with van der Waals surface area (Å²) < 4.78 is 20.8. The number of alkyl halides is 2. The molecule has 0 fully saturated rings. The van der Waals surface area contributed by atoms with E-state index in [1.807, 2.05) is 6.92 Å². The lowest BCUT2D eigenvalue weighted by Gasteiger charge is -2.27. The smallest absolute Gasteiger partial charge is 0.307 e. The van der Waals surface area contributed by atoms with Crippen molar-refractivity contribution >= 4 is 30.8 Å².